The van der Waals surface area contributed by atoms with Crippen LogP contribution in [-0.4, -0.2) is 310 Å². The van der Waals surface area contributed by atoms with Crippen molar-refractivity contribution in [1.82, 2.24) is 98.0 Å². The number of carbonyl (C=O) groups is 19. The Kier molecular flexibility index (Phi) is 40.2. The van der Waals surface area contributed by atoms with E-state index in [1.54, 1.807) is 67.8 Å². The fourth-order valence-corrected chi connectivity index (χ4v) is 17.6. The van der Waals surface area contributed by atoms with Crippen LogP contribution in [0.5, 0.6) is 5.75 Å². The highest BCUT2D eigenvalue weighted by Gasteiger charge is 2.47. The smallest absolute Gasteiger partial charge is 0.303 e. The maximum absolute atomic E-state index is 15.9. The summed E-state index contributed by atoms with van der Waals surface area (Å²) in [6.07, 6.45) is 1.17. The number of nitrogens with zero attached hydrogens (tertiary/aromatic N) is 5. The number of nitrogens with two attached hydrogens (primary N) is 4. The fraction of sp³-hybridized carbons (Fsp3) is 0.516. The number of likely N-dealkylation sites (N-methyl/N-ethyl adjacent to an activating group) is 2. The van der Waals surface area contributed by atoms with Gasteiger partial charge in [0.2, 0.25) is 106 Å². The second-order valence-corrected chi connectivity index (χ2v) is 35.5. The van der Waals surface area contributed by atoms with Crippen LogP contribution in [-0.2, 0) is 117 Å². The van der Waals surface area contributed by atoms with Crippen LogP contribution in [0.1, 0.15) is 152 Å². The number of aliphatic hydroxyl groups excluding tert-OH is 1. The molecular formula is C91H125N23O22S. The molecule has 6 heterocycles. The number of carbonyl (C=O) groups excluding carboxylic acids is 18. The van der Waals surface area contributed by atoms with Crippen molar-refractivity contribution in [2.24, 2.45) is 22.9 Å². The van der Waals surface area contributed by atoms with Crippen LogP contribution >= 0.6 is 11.8 Å². The molecule has 3 fully saturated rings. The van der Waals surface area contributed by atoms with Gasteiger partial charge in [-0.15, -0.1) is 11.8 Å². The van der Waals surface area contributed by atoms with E-state index in [0.717, 1.165) is 19.6 Å². The van der Waals surface area contributed by atoms with Crippen LogP contribution < -0.4 is 81.4 Å². The van der Waals surface area contributed by atoms with Gasteiger partial charge in [-0.2, -0.15) is 0 Å². The molecule has 137 heavy (non-hydrogen) atoms. The van der Waals surface area contributed by atoms with Gasteiger partial charge < -0.3 is 131 Å². The number of carboxylic acids is 1. The number of benzene rings is 3. The highest BCUT2D eigenvalue weighted by molar-refractivity contribution is 8.00. The standard InChI is InChI=1S/C91H125N23O22S/c1-6-8-22-69-85(130)104-61(30-32-77(121)122)81(126)110-68(79(124)99-44-75(95)119)46-137-47-76(120)102-63(35-50-25-27-54(115)28-26-50)82(127)101-49(3)78(123)108-67(40-74(94)118)90(135)113-34-16-24-70(113)86(131)107-65(38-53-43-96-48-100-53)84(129)105-62(29-31-73(93)117)89(134)114-45-55(116)39-72(114)87(132)106-64(36-51-41-97-58-19-12-10-17-56(51)58)83(128)103-60(21-14-15-33-92)80(125)109-66(37-52-42-98-59-20-13-11-18-57(52)59)88(133)112(5)71(23-9-7-2)91(136)111(69)4/h10-13,17-20,25-28,41-43,48-49,55,60-72,97-98,115-116H,6-9,14-16,21-24,29-40,44-47,92H2,1-5H3,(H2,93,117)(H2,94,118)(H2,95,119)(H,96,100)(H,99,124)(H,101,127)(H,102,120)(H,103,128)(H,104,130)(H,105,129)(H,106,132)(H,107,131)(H,108,123)(H,109,125)(H,110,126)(H,121,122)/t49-,55-,60+,61+,62+,63+,64+,65+,66+,67+,68+,69+,70+,71+,72+/m1/s1. The molecule has 46 heteroatoms. The summed E-state index contributed by atoms with van der Waals surface area (Å²) < 4.78 is 0. The van der Waals surface area contributed by atoms with E-state index in [4.69, 9.17) is 22.9 Å². The minimum absolute atomic E-state index is 0.0319. The van der Waals surface area contributed by atoms with Crippen molar-refractivity contribution in [3.8, 4) is 5.75 Å². The molecule has 45 nitrogen and oxygen atoms in total. The van der Waals surface area contributed by atoms with Gasteiger partial charge in [0.25, 0.3) is 0 Å². The zero-order valence-corrected chi connectivity index (χ0v) is 77.9. The summed E-state index contributed by atoms with van der Waals surface area (Å²) in [4.78, 5) is 293. The van der Waals surface area contributed by atoms with E-state index in [-0.39, 0.29) is 95.2 Å². The Morgan fingerprint density at radius 2 is 1.04 bits per heavy atom. The van der Waals surface area contributed by atoms with Crippen molar-refractivity contribution < 1.29 is 106 Å². The molecule has 3 aromatic carbocycles. The number of aromatic hydroxyl groups is 1. The van der Waals surface area contributed by atoms with Crippen molar-refractivity contribution in [1.29, 1.82) is 0 Å². The number of phenolic OH excluding ortho intramolecular Hbond substituents is 1. The van der Waals surface area contributed by atoms with Crippen molar-refractivity contribution in [2.45, 2.75) is 246 Å². The van der Waals surface area contributed by atoms with E-state index in [9.17, 15) is 68.1 Å². The number of hydrogen-bond acceptors (Lipinski definition) is 24. The molecule has 25 N–H and O–H groups in total. The van der Waals surface area contributed by atoms with Gasteiger partial charge in [-0.25, -0.2) is 4.98 Å². The zero-order valence-electron chi connectivity index (χ0n) is 77.0. The molecule has 3 saturated heterocycles. The van der Waals surface area contributed by atoms with Crippen LogP contribution in [0.3, 0.4) is 0 Å². The second-order valence-electron chi connectivity index (χ2n) is 34.5. The summed E-state index contributed by atoms with van der Waals surface area (Å²) in [5.74, 6) is -20.7. The average molecular weight is 1930 g/mol. The molecule has 3 aromatic heterocycles. The Morgan fingerprint density at radius 1 is 0.511 bits per heavy atom. The van der Waals surface area contributed by atoms with Crippen molar-refractivity contribution in [3.05, 3.63) is 120 Å². The van der Waals surface area contributed by atoms with Gasteiger partial charge in [-0.3, -0.25) is 91.1 Å². The Morgan fingerprint density at radius 3 is 1.65 bits per heavy atom. The number of phenols is 1. The molecule has 0 saturated carbocycles. The lowest BCUT2D eigenvalue weighted by Gasteiger charge is -2.36. The average Bonchev–Trinajstić information content (AvgIpc) is 1.63. The number of hydrogen-bond donors (Lipinski definition) is 21. The SMILES string of the molecule is CCCC[C@H]1C(=O)N(C)[C@@H](CCCC)C(=O)N[C@@H](CCC(=O)O)C(=O)N[C@H](C(=O)NCC(N)=O)CSCC(=O)N[C@@H](Cc2ccc(O)cc2)C(=O)N[C@H](C)C(=O)N[C@@H](CC(N)=O)C(=O)N2CCC[C@H]2C(=O)N[C@@H](Cc2cnc[nH]2)C(=O)N[C@@H](CCC(N)=O)C(=O)N2C[C@H](O)C[C@H]2C(=O)N[C@@H](Cc2c[nH]c3ccccc23)C(=O)N[C@@H](CCCCN)C(=O)N[C@@H](Cc2c[nH]c3ccccc23)C(=O)N1C. The molecule has 18 amide bonds. The number of aromatic amines is 3. The first-order valence-electron chi connectivity index (χ1n) is 45.7. The van der Waals surface area contributed by atoms with Gasteiger partial charge in [0, 0.05) is 124 Å². The highest BCUT2D eigenvalue weighted by Crippen LogP contribution is 2.28. The Bertz CT molecular complexity index is 5310. The topological polar surface area (TPSA) is 695 Å². The molecule has 3 aliphatic rings. The molecule has 0 aliphatic carbocycles. The number of para-hydroxylation sites is 2. The quantitative estimate of drug-likeness (QED) is 0.0204. The molecule has 6 aromatic rings. The van der Waals surface area contributed by atoms with Gasteiger partial charge in [0.1, 0.15) is 90.3 Å². The second kappa shape index (κ2) is 51.6. The van der Waals surface area contributed by atoms with Crippen molar-refractivity contribution in [2.75, 3.05) is 51.8 Å². The number of thioether (sulfide) groups is 1. The number of aliphatic carboxylic acids is 1. The van der Waals surface area contributed by atoms with E-state index >= 15 is 38.4 Å². The molecule has 3 aliphatic heterocycles. The minimum Gasteiger partial charge on any atom is -0.508 e. The van der Waals surface area contributed by atoms with Crippen LogP contribution in [0.4, 0.5) is 0 Å². The summed E-state index contributed by atoms with van der Waals surface area (Å²) in [6, 6.07) is -3.13. The first kappa shape index (κ1) is 107. The number of carboxylic acid groups (broad SMARTS) is 1. The van der Waals surface area contributed by atoms with Crippen molar-refractivity contribution in [3.63, 3.8) is 0 Å². The molecule has 0 radical (unpaired) electrons. The predicted molar refractivity (Wildman–Crippen MR) is 498 cm³/mol. The number of rotatable bonds is 29. The lowest BCUT2D eigenvalue weighted by atomic mass is 9.99. The van der Waals surface area contributed by atoms with E-state index in [1.165, 1.54) is 57.8 Å². The number of aliphatic hydroxyl groups is 1. The number of nitrogens with one attached hydrogen (secondary N) is 14. The Labute approximate surface area is 793 Å². The third-order valence-corrected chi connectivity index (χ3v) is 25.2. The van der Waals surface area contributed by atoms with E-state index < -0.39 is 266 Å². The normalized spacial score (nSPS) is 24.4. The molecule has 742 valence electrons. The number of primary amides is 3. The molecule has 0 bridgehead atoms. The summed E-state index contributed by atoms with van der Waals surface area (Å²) in [7, 11) is 2.64. The van der Waals surface area contributed by atoms with E-state index in [2.05, 4.69) is 78.4 Å². The lowest BCUT2D eigenvalue weighted by molar-refractivity contribution is -0.149. The summed E-state index contributed by atoms with van der Waals surface area (Å²) in [6.45, 7) is 3.45. The Balaban J connectivity index is 1.11. The molecule has 0 spiro atoms. The third kappa shape index (κ3) is 30.7. The number of fused-ring (bicyclic) bond motifs is 4. The first-order valence-corrected chi connectivity index (χ1v) is 46.8. The van der Waals surface area contributed by atoms with Crippen molar-refractivity contribution >= 4 is 146 Å². The summed E-state index contributed by atoms with van der Waals surface area (Å²) in [5.41, 5.74) is 25.7. The van der Waals surface area contributed by atoms with Crippen LogP contribution in [0.15, 0.2) is 97.7 Å². The molecule has 0 unspecified atom stereocenters. The number of aromatic nitrogens is 4. The predicted octanol–water partition coefficient (Wildman–Crippen LogP) is -3.31. The number of imidazole rings is 1. The van der Waals surface area contributed by atoms with E-state index in [0.29, 0.717) is 75.9 Å². The van der Waals surface area contributed by atoms with Crippen LogP contribution in [0, 0.1) is 0 Å². The summed E-state index contributed by atoms with van der Waals surface area (Å²) >= 11 is 0.696. The van der Waals surface area contributed by atoms with Crippen LogP contribution in [0.2, 0.25) is 0 Å². The highest BCUT2D eigenvalue weighted by atomic mass is 32.2. The van der Waals surface area contributed by atoms with Gasteiger partial charge in [0.15, 0.2) is 0 Å². The number of amides is 18. The fourth-order valence-electron chi connectivity index (χ4n) is 16.7. The molecule has 9 rings (SSSR count). The monoisotopic (exact) mass is 1920 g/mol. The lowest BCUT2D eigenvalue weighted by Crippen LogP contribution is -2.61. The van der Waals surface area contributed by atoms with Gasteiger partial charge in [-0.1, -0.05) is 88.1 Å². The number of unbranched alkanes of at least 4 members (excludes halogenated alkanes) is 3. The molecular weight excluding hydrogens is 1800 g/mol. The Hall–Kier alpha value is -14.1. The zero-order chi connectivity index (χ0) is 99.9. The minimum atomic E-state index is -1.83. The maximum Gasteiger partial charge on any atom is 0.303 e. The number of H-pyrrole nitrogens is 3. The first-order chi connectivity index (χ1) is 65.4. The molecule has 15 atom stereocenters. The largest absolute Gasteiger partial charge is 0.508 e. The summed E-state index contributed by atoms with van der Waals surface area (Å²) in [5, 5.41) is 61.5. The van der Waals surface area contributed by atoms with E-state index in [1.807, 2.05) is 6.92 Å². The maximum atomic E-state index is 15.9. The van der Waals surface area contributed by atoms with Crippen LogP contribution in [0.25, 0.3) is 21.8 Å². The third-order valence-electron chi connectivity index (χ3n) is 24.2. The van der Waals surface area contributed by atoms with Gasteiger partial charge in [0.05, 0.1) is 31.1 Å². The van der Waals surface area contributed by atoms with Gasteiger partial charge >= 0.3 is 5.97 Å². The van der Waals surface area contributed by atoms with Gasteiger partial charge in [-0.05, 0) is 112 Å².